The normalized spacial score (nSPS) is 16.3. The Hall–Kier alpha value is -2.93. The molecule has 1 fully saturated rings. The van der Waals surface area contributed by atoms with Crippen LogP contribution in [0.2, 0.25) is 0 Å². The number of rotatable bonds is 5. The standard InChI is InChI=1S/C21H25N5O2/c1-24-13-9-22-20(24)19(27)17-6-11-25(12-7-17)21(28)18-5-2-4-16(14-18)15-26-10-3-8-23-26/h2-5,8-10,13-14,17,19,27H,6-7,11-12,15H2,1H3. The fraction of sp³-hybridized carbons (Fsp3) is 0.381. The smallest absolute Gasteiger partial charge is 0.253 e. The molecule has 0 aliphatic carbocycles. The Balaban J connectivity index is 1.38. The van der Waals surface area contributed by atoms with Crippen LogP contribution in [0.25, 0.3) is 0 Å². The molecule has 7 nitrogen and oxygen atoms in total. The van der Waals surface area contributed by atoms with Gasteiger partial charge in [0.25, 0.3) is 5.91 Å². The number of carbonyl (C=O) groups is 1. The summed E-state index contributed by atoms with van der Waals surface area (Å²) in [6.07, 6.45) is 8.15. The molecule has 3 heterocycles. The molecule has 1 amide bonds. The Kier molecular flexibility index (Phi) is 5.25. The number of hydrogen-bond acceptors (Lipinski definition) is 4. The topological polar surface area (TPSA) is 76.2 Å². The first-order valence-corrected chi connectivity index (χ1v) is 9.63. The summed E-state index contributed by atoms with van der Waals surface area (Å²) in [5.41, 5.74) is 1.75. The highest BCUT2D eigenvalue weighted by Gasteiger charge is 2.30. The molecule has 1 aromatic carbocycles. The Bertz CT molecular complexity index is 926. The van der Waals surface area contributed by atoms with Crippen LogP contribution in [-0.4, -0.2) is 48.3 Å². The van der Waals surface area contributed by atoms with E-state index in [2.05, 4.69) is 10.1 Å². The molecule has 1 unspecified atom stereocenters. The molecule has 0 radical (unpaired) electrons. The molecule has 2 aromatic heterocycles. The highest BCUT2D eigenvalue weighted by atomic mass is 16.3. The number of likely N-dealkylation sites (tertiary alicyclic amines) is 1. The van der Waals surface area contributed by atoms with Crippen molar-refractivity contribution in [3.05, 3.63) is 72.1 Å². The maximum Gasteiger partial charge on any atom is 0.253 e. The zero-order valence-corrected chi connectivity index (χ0v) is 16.0. The van der Waals surface area contributed by atoms with Crippen LogP contribution in [0.3, 0.4) is 0 Å². The van der Waals surface area contributed by atoms with E-state index in [1.54, 1.807) is 12.4 Å². The Morgan fingerprint density at radius 1 is 1.21 bits per heavy atom. The van der Waals surface area contributed by atoms with Gasteiger partial charge in [-0.25, -0.2) is 4.98 Å². The molecule has 0 spiro atoms. The van der Waals surface area contributed by atoms with E-state index < -0.39 is 6.10 Å². The van der Waals surface area contributed by atoms with Crippen LogP contribution in [0.1, 0.15) is 40.7 Å². The van der Waals surface area contributed by atoms with Crippen LogP contribution in [0.15, 0.2) is 55.1 Å². The minimum absolute atomic E-state index is 0.0484. The van der Waals surface area contributed by atoms with Gasteiger partial charge in [-0.15, -0.1) is 0 Å². The zero-order chi connectivity index (χ0) is 19.5. The molecular formula is C21H25N5O2. The summed E-state index contributed by atoms with van der Waals surface area (Å²) in [4.78, 5) is 19.1. The largest absolute Gasteiger partial charge is 0.385 e. The van der Waals surface area contributed by atoms with E-state index in [0.717, 1.165) is 18.4 Å². The number of nitrogens with zero attached hydrogens (tertiary/aromatic N) is 5. The lowest BCUT2D eigenvalue weighted by Gasteiger charge is -2.34. The van der Waals surface area contributed by atoms with Crippen LogP contribution in [-0.2, 0) is 13.6 Å². The number of hydrogen-bond donors (Lipinski definition) is 1. The van der Waals surface area contributed by atoms with Gasteiger partial charge in [-0.1, -0.05) is 12.1 Å². The van der Waals surface area contributed by atoms with Gasteiger partial charge in [0, 0.05) is 50.5 Å². The van der Waals surface area contributed by atoms with Gasteiger partial charge >= 0.3 is 0 Å². The third kappa shape index (κ3) is 3.84. The number of imidazole rings is 1. The molecule has 3 aromatic rings. The zero-order valence-electron chi connectivity index (χ0n) is 16.0. The first-order valence-electron chi connectivity index (χ1n) is 9.63. The number of aryl methyl sites for hydroxylation is 1. The van der Waals surface area contributed by atoms with Crippen molar-refractivity contribution in [1.82, 2.24) is 24.2 Å². The molecule has 0 saturated carbocycles. The van der Waals surface area contributed by atoms with E-state index in [0.29, 0.717) is 31.0 Å². The van der Waals surface area contributed by atoms with Crippen molar-refractivity contribution >= 4 is 5.91 Å². The summed E-state index contributed by atoms with van der Waals surface area (Å²) in [5, 5.41) is 14.8. The van der Waals surface area contributed by atoms with Crippen molar-refractivity contribution in [2.45, 2.75) is 25.5 Å². The van der Waals surface area contributed by atoms with E-state index in [9.17, 15) is 9.90 Å². The third-order valence-electron chi connectivity index (χ3n) is 5.47. The predicted molar refractivity (Wildman–Crippen MR) is 105 cm³/mol. The number of piperidine rings is 1. The van der Waals surface area contributed by atoms with Gasteiger partial charge in [0.05, 0.1) is 6.54 Å². The molecule has 1 saturated heterocycles. The van der Waals surface area contributed by atoms with Crippen molar-refractivity contribution in [1.29, 1.82) is 0 Å². The summed E-state index contributed by atoms with van der Waals surface area (Å²) in [7, 11) is 1.89. The lowest BCUT2D eigenvalue weighted by molar-refractivity contribution is 0.0420. The molecule has 4 rings (SSSR count). The van der Waals surface area contributed by atoms with E-state index >= 15 is 0 Å². The fourth-order valence-electron chi connectivity index (χ4n) is 3.86. The number of aromatic nitrogens is 4. The molecule has 7 heteroatoms. The average Bonchev–Trinajstić information content (AvgIpc) is 3.39. The lowest BCUT2D eigenvalue weighted by Crippen LogP contribution is -2.40. The summed E-state index contributed by atoms with van der Waals surface area (Å²) >= 11 is 0. The van der Waals surface area contributed by atoms with Crippen molar-refractivity contribution in [2.75, 3.05) is 13.1 Å². The molecule has 1 N–H and O–H groups in total. The van der Waals surface area contributed by atoms with Crippen molar-refractivity contribution in [3.8, 4) is 0 Å². The van der Waals surface area contributed by atoms with Crippen LogP contribution in [0.4, 0.5) is 0 Å². The number of carbonyl (C=O) groups excluding carboxylic acids is 1. The molecule has 1 aliphatic rings. The second kappa shape index (κ2) is 7.98. The minimum atomic E-state index is -0.588. The third-order valence-corrected chi connectivity index (χ3v) is 5.47. The van der Waals surface area contributed by atoms with E-state index in [-0.39, 0.29) is 11.8 Å². The Labute approximate surface area is 164 Å². The summed E-state index contributed by atoms with van der Waals surface area (Å²) in [5.74, 6) is 0.861. The van der Waals surface area contributed by atoms with Gasteiger partial charge < -0.3 is 14.6 Å². The van der Waals surface area contributed by atoms with Crippen LogP contribution < -0.4 is 0 Å². The second-order valence-electron chi connectivity index (χ2n) is 7.37. The quantitative estimate of drug-likeness (QED) is 0.738. The highest BCUT2D eigenvalue weighted by molar-refractivity contribution is 5.94. The van der Waals surface area contributed by atoms with Crippen LogP contribution in [0, 0.1) is 5.92 Å². The number of aliphatic hydroxyl groups is 1. The van der Waals surface area contributed by atoms with Crippen molar-refractivity contribution in [2.24, 2.45) is 13.0 Å². The predicted octanol–water partition coefficient (Wildman–Crippen LogP) is 2.25. The molecule has 28 heavy (non-hydrogen) atoms. The summed E-state index contributed by atoms with van der Waals surface area (Å²) in [6, 6.07) is 9.62. The minimum Gasteiger partial charge on any atom is -0.385 e. The number of amides is 1. The first-order chi connectivity index (χ1) is 13.6. The molecular weight excluding hydrogens is 354 g/mol. The molecule has 146 valence electrons. The van der Waals surface area contributed by atoms with E-state index in [1.807, 2.05) is 63.9 Å². The molecule has 1 aliphatic heterocycles. The Morgan fingerprint density at radius 2 is 2.04 bits per heavy atom. The van der Waals surface area contributed by atoms with E-state index in [4.69, 9.17) is 0 Å². The molecule has 0 bridgehead atoms. The van der Waals surface area contributed by atoms with Gasteiger partial charge in [0.2, 0.25) is 0 Å². The van der Waals surface area contributed by atoms with Crippen molar-refractivity contribution in [3.63, 3.8) is 0 Å². The van der Waals surface area contributed by atoms with Crippen LogP contribution in [0.5, 0.6) is 0 Å². The maximum absolute atomic E-state index is 12.9. The van der Waals surface area contributed by atoms with Crippen LogP contribution >= 0.6 is 0 Å². The van der Waals surface area contributed by atoms with Gasteiger partial charge in [-0.05, 0) is 42.5 Å². The summed E-state index contributed by atoms with van der Waals surface area (Å²) < 4.78 is 3.70. The van der Waals surface area contributed by atoms with Gasteiger partial charge in [-0.2, -0.15) is 5.10 Å². The van der Waals surface area contributed by atoms with Gasteiger partial charge in [-0.3, -0.25) is 9.48 Å². The summed E-state index contributed by atoms with van der Waals surface area (Å²) in [6.45, 7) is 1.94. The lowest BCUT2D eigenvalue weighted by atomic mass is 9.90. The maximum atomic E-state index is 12.9. The second-order valence-corrected chi connectivity index (χ2v) is 7.37. The van der Waals surface area contributed by atoms with E-state index in [1.165, 1.54) is 0 Å². The number of aliphatic hydroxyl groups excluding tert-OH is 1. The van der Waals surface area contributed by atoms with Crippen molar-refractivity contribution < 1.29 is 9.90 Å². The van der Waals surface area contributed by atoms with Gasteiger partial charge in [0.1, 0.15) is 11.9 Å². The number of benzene rings is 1. The molecule has 1 atom stereocenters. The monoisotopic (exact) mass is 379 g/mol. The van der Waals surface area contributed by atoms with Gasteiger partial charge in [0.15, 0.2) is 0 Å². The Morgan fingerprint density at radius 3 is 2.71 bits per heavy atom. The average molecular weight is 379 g/mol. The first kappa shape index (κ1) is 18.4. The SMILES string of the molecule is Cn1ccnc1C(O)C1CCN(C(=O)c2cccc(Cn3cccn3)c2)CC1. The highest BCUT2D eigenvalue weighted by Crippen LogP contribution is 2.30. The fourth-order valence-corrected chi connectivity index (χ4v) is 3.86.